The number of methoxy groups -OCH3 is 1. The zero-order valence-corrected chi connectivity index (χ0v) is 12.1. The molecule has 0 amide bonds. The third-order valence-corrected chi connectivity index (χ3v) is 3.78. The van der Waals surface area contributed by atoms with Crippen molar-refractivity contribution in [3.63, 3.8) is 0 Å². The maximum Gasteiger partial charge on any atom is 0.0615 e. The van der Waals surface area contributed by atoms with Gasteiger partial charge in [0, 0.05) is 25.2 Å². The first-order valence-electron chi connectivity index (χ1n) is 6.17. The van der Waals surface area contributed by atoms with Gasteiger partial charge in [-0.3, -0.25) is 4.90 Å². The van der Waals surface area contributed by atoms with Crippen molar-refractivity contribution >= 4 is 0 Å². The molecule has 0 aliphatic rings. The lowest BCUT2D eigenvalue weighted by molar-refractivity contribution is 0.0532. The van der Waals surface area contributed by atoms with Crippen molar-refractivity contribution in [2.75, 3.05) is 26.8 Å². The first kappa shape index (κ1) is 15.9. The Morgan fingerprint density at radius 3 is 2.06 bits per heavy atom. The van der Waals surface area contributed by atoms with Gasteiger partial charge in [-0.05, 0) is 32.7 Å². The summed E-state index contributed by atoms with van der Waals surface area (Å²) in [6.07, 6.45) is 0. The van der Waals surface area contributed by atoms with Crippen LogP contribution < -0.4 is 5.73 Å². The van der Waals surface area contributed by atoms with Crippen LogP contribution in [0.1, 0.15) is 41.5 Å². The number of rotatable bonds is 7. The summed E-state index contributed by atoms with van der Waals surface area (Å²) in [5.74, 6) is 0. The molecule has 0 aromatic heterocycles. The molecule has 0 saturated carbocycles. The Balaban J connectivity index is 4.53. The molecular formula is C13H30N2O. The molecule has 0 aliphatic carbocycles. The van der Waals surface area contributed by atoms with E-state index in [0.717, 1.165) is 19.7 Å². The molecule has 98 valence electrons. The standard InChI is InChI=1S/C13H30N2O/c1-8-15(11(2)9-16-7)10-12(3,4)13(5,6)14/h11H,8-10,14H2,1-7H3. The van der Waals surface area contributed by atoms with Gasteiger partial charge >= 0.3 is 0 Å². The quantitative estimate of drug-likeness (QED) is 0.728. The van der Waals surface area contributed by atoms with Crippen LogP contribution in [0.3, 0.4) is 0 Å². The average molecular weight is 230 g/mol. The molecule has 3 nitrogen and oxygen atoms in total. The van der Waals surface area contributed by atoms with E-state index in [1.165, 1.54) is 0 Å². The lowest BCUT2D eigenvalue weighted by atomic mass is 9.74. The molecule has 2 N–H and O–H groups in total. The Hall–Kier alpha value is -0.120. The Bertz CT molecular complexity index is 197. The van der Waals surface area contributed by atoms with Crippen LogP contribution in [0.5, 0.6) is 0 Å². The molecule has 0 bridgehead atoms. The van der Waals surface area contributed by atoms with Crippen molar-refractivity contribution in [1.82, 2.24) is 4.90 Å². The number of ether oxygens (including phenoxy) is 1. The summed E-state index contributed by atoms with van der Waals surface area (Å²) in [7, 11) is 1.75. The van der Waals surface area contributed by atoms with E-state index >= 15 is 0 Å². The van der Waals surface area contributed by atoms with Crippen molar-refractivity contribution in [3.8, 4) is 0 Å². The third-order valence-electron chi connectivity index (χ3n) is 3.78. The van der Waals surface area contributed by atoms with Crippen molar-refractivity contribution < 1.29 is 4.74 Å². The number of nitrogens with two attached hydrogens (primary N) is 1. The molecule has 1 atom stereocenters. The molecule has 3 heteroatoms. The second-order valence-electron chi connectivity index (χ2n) is 5.97. The molecule has 0 fully saturated rings. The lowest BCUT2D eigenvalue weighted by Gasteiger charge is -2.43. The van der Waals surface area contributed by atoms with Gasteiger partial charge in [0.05, 0.1) is 6.61 Å². The van der Waals surface area contributed by atoms with Crippen LogP contribution in [-0.4, -0.2) is 43.3 Å². The first-order valence-corrected chi connectivity index (χ1v) is 6.17. The fourth-order valence-corrected chi connectivity index (χ4v) is 1.64. The normalized spacial score (nSPS) is 15.6. The number of hydrogen-bond donors (Lipinski definition) is 1. The van der Waals surface area contributed by atoms with Gasteiger partial charge in [0.15, 0.2) is 0 Å². The SMILES string of the molecule is CCN(CC(C)(C)C(C)(C)N)C(C)COC. The lowest BCUT2D eigenvalue weighted by Crippen LogP contribution is -2.54. The Morgan fingerprint density at radius 1 is 1.25 bits per heavy atom. The summed E-state index contributed by atoms with van der Waals surface area (Å²) >= 11 is 0. The predicted molar refractivity (Wildman–Crippen MR) is 70.6 cm³/mol. The highest BCUT2D eigenvalue weighted by atomic mass is 16.5. The van der Waals surface area contributed by atoms with E-state index in [1.807, 2.05) is 0 Å². The Morgan fingerprint density at radius 2 is 1.75 bits per heavy atom. The van der Waals surface area contributed by atoms with E-state index in [0.29, 0.717) is 6.04 Å². The number of nitrogens with zero attached hydrogens (tertiary/aromatic N) is 1. The summed E-state index contributed by atoms with van der Waals surface area (Å²) in [4.78, 5) is 2.43. The summed E-state index contributed by atoms with van der Waals surface area (Å²) in [6, 6.07) is 0.441. The van der Waals surface area contributed by atoms with Crippen molar-refractivity contribution in [1.29, 1.82) is 0 Å². The van der Waals surface area contributed by atoms with Gasteiger partial charge in [-0.2, -0.15) is 0 Å². The van der Waals surface area contributed by atoms with Crippen molar-refractivity contribution in [3.05, 3.63) is 0 Å². The zero-order chi connectivity index (χ0) is 13.0. The minimum Gasteiger partial charge on any atom is -0.383 e. The highest BCUT2D eigenvalue weighted by Crippen LogP contribution is 2.29. The molecule has 0 heterocycles. The van der Waals surface area contributed by atoms with Gasteiger partial charge in [0.1, 0.15) is 0 Å². The van der Waals surface area contributed by atoms with Crippen LogP contribution in [0.4, 0.5) is 0 Å². The maximum atomic E-state index is 6.23. The van der Waals surface area contributed by atoms with Gasteiger partial charge in [0.2, 0.25) is 0 Å². The largest absolute Gasteiger partial charge is 0.383 e. The number of hydrogen-bond acceptors (Lipinski definition) is 3. The highest BCUT2D eigenvalue weighted by Gasteiger charge is 2.35. The minimum atomic E-state index is -0.173. The first-order chi connectivity index (χ1) is 7.15. The topological polar surface area (TPSA) is 38.5 Å². The maximum absolute atomic E-state index is 6.23. The second kappa shape index (κ2) is 5.99. The van der Waals surface area contributed by atoms with Crippen molar-refractivity contribution in [2.45, 2.75) is 53.1 Å². The van der Waals surface area contributed by atoms with Crippen LogP contribution in [0.2, 0.25) is 0 Å². The summed E-state index contributed by atoms with van der Waals surface area (Å²) in [5.41, 5.74) is 6.15. The van der Waals surface area contributed by atoms with Gasteiger partial charge in [0.25, 0.3) is 0 Å². The van der Waals surface area contributed by atoms with E-state index in [4.69, 9.17) is 10.5 Å². The van der Waals surface area contributed by atoms with E-state index in [-0.39, 0.29) is 11.0 Å². The van der Waals surface area contributed by atoms with Gasteiger partial charge < -0.3 is 10.5 Å². The molecule has 1 unspecified atom stereocenters. The Labute approximate surface area is 101 Å². The van der Waals surface area contributed by atoms with E-state index in [1.54, 1.807) is 7.11 Å². The van der Waals surface area contributed by atoms with Crippen LogP contribution in [-0.2, 0) is 4.74 Å². The van der Waals surface area contributed by atoms with E-state index in [2.05, 4.69) is 46.4 Å². The molecule has 0 aromatic rings. The number of likely N-dealkylation sites (N-methyl/N-ethyl adjacent to an activating group) is 1. The molecular weight excluding hydrogens is 200 g/mol. The van der Waals surface area contributed by atoms with Gasteiger partial charge in [-0.1, -0.05) is 20.8 Å². The zero-order valence-electron chi connectivity index (χ0n) is 12.1. The second-order valence-corrected chi connectivity index (χ2v) is 5.97. The van der Waals surface area contributed by atoms with E-state index < -0.39 is 0 Å². The predicted octanol–water partition coefficient (Wildman–Crippen LogP) is 2.11. The third kappa shape index (κ3) is 4.40. The van der Waals surface area contributed by atoms with Crippen LogP contribution in [0, 0.1) is 5.41 Å². The van der Waals surface area contributed by atoms with Crippen LogP contribution in [0.15, 0.2) is 0 Å². The fraction of sp³-hybridized carbons (Fsp3) is 1.00. The fourth-order valence-electron chi connectivity index (χ4n) is 1.64. The van der Waals surface area contributed by atoms with Gasteiger partial charge in [-0.15, -0.1) is 0 Å². The average Bonchev–Trinajstić information content (AvgIpc) is 2.12. The molecule has 0 radical (unpaired) electrons. The molecule has 0 spiro atoms. The summed E-state index contributed by atoms with van der Waals surface area (Å²) in [5, 5.41) is 0. The summed E-state index contributed by atoms with van der Waals surface area (Å²) in [6.45, 7) is 15.9. The van der Waals surface area contributed by atoms with Crippen molar-refractivity contribution in [2.24, 2.45) is 11.1 Å². The minimum absolute atomic E-state index is 0.0883. The van der Waals surface area contributed by atoms with Gasteiger partial charge in [-0.25, -0.2) is 0 Å². The highest BCUT2D eigenvalue weighted by molar-refractivity contribution is 4.92. The van der Waals surface area contributed by atoms with Crippen LogP contribution >= 0.6 is 0 Å². The molecule has 0 aliphatic heterocycles. The molecule has 16 heavy (non-hydrogen) atoms. The Kier molecular flexibility index (Phi) is 5.94. The van der Waals surface area contributed by atoms with E-state index in [9.17, 15) is 0 Å². The molecule has 0 aromatic carbocycles. The smallest absolute Gasteiger partial charge is 0.0615 e. The molecule has 0 rings (SSSR count). The van der Waals surface area contributed by atoms with Crippen LogP contribution in [0.25, 0.3) is 0 Å². The monoisotopic (exact) mass is 230 g/mol. The summed E-state index contributed by atoms with van der Waals surface area (Å²) < 4.78 is 5.21. The molecule has 0 saturated heterocycles.